The predicted octanol–water partition coefficient (Wildman–Crippen LogP) is 4.05. The van der Waals surface area contributed by atoms with Crippen LogP contribution >= 0.6 is 0 Å². The Bertz CT molecular complexity index is 805. The average molecular weight is 367 g/mol. The Morgan fingerprint density at radius 3 is 2.81 bits per heavy atom. The van der Waals surface area contributed by atoms with Crippen molar-refractivity contribution in [1.82, 2.24) is 9.80 Å². The van der Waals surface area contributed by atoms with Crippen molar-refractivity contribution in [2.45, 2.75) is 38.8 Å². The van der Waals surface area contributed by atoms with E-state index >= 15 is 0 Å². The van der Waals surface area contributed by atoms with Crippen LogP contribution in [0.25, 0.3) is 11.1 Å². The van der Waals surface area contributed by atoms with Crippen molar-refractivity contribution in [1.29, 1.82) is 0 Å². The Labute approximate surface area is 162 Å². The number of fused-ring (bicyclic) bond motifs is 1. The van der Waals surface area contributed by atoms with Crippen molar-refractivity contribution >= 4 is 0 Å². The molecule has 144 valence electrons. The highest BCUT2D eigenvalue weighted by Crippen LogP contribution is 2.38. The van der Waals surface area contributed by atoms with Gasteiger partial charge in [0.1, 0.15) is 6.61 Å². The van der Waals surface area contributed by atoms with Crippen LogP contribution < -0.4 is 4.74 Å². The fourth-order valence-electron chi connectivity index (χ4n) is 4.47. The molecule has 1 N–H and O–H groups in total. The van der Waals surface area contributed by atoms with Crippen LogP contribution in [-0.2, 0) is 6.54 Å². The highest BCUT2D eigenvalue weighted by Gasteiger charge is 2.24. The first kappa shape index (κ1) is 18.3. The molecular formula is C23H30N2O2. The van der Waals surface area contributed by atoms with Crippen molar-refractivity contribution in [3.05, 3.63) is 47.5 Å². The summed E-state index contributed by atoms with van der Waals surface area (Å²) in [6, 6.07) is 13.1. The largest absolute Gasteiger partial charge is 0.504 e. The number of phenolic OH excluding ortho intramolecular Hbond substituents is 1. The monoisotopic (exact) mass is 366 g/mol. The van der Waals surface area contributed by atoms with Crippen molar-refractivity contribution in [3.8, 4) is 22.6 Å². The number of phenols is 1. The van der Waals surface area contributed by atoms with Gasteiger partial charge in [-0.2, -0.15) is 0 Å². The summed E-state index contributed by atoms with van der Waals surface area (Å²) in [4.78, 5) is 4.96. The number of ether oxygens (including phenoxy) is 1. The van der Waals surface area contributed by atoms with E-state index in [-0.39, 0.29) is 5.75 Å². The second-order valence-electron chi connectivity index (χ2n) is 7.99. The van der Waals surface area contributed by atoms with Crippen LogP contribution in [0.3, 0.4) is 0 Å². The lowest BCUT2D eigenvalue weighted by Gasteiger charge is -2.24. The Morgan fingerprint density at radius 2 is 2.04 bits per heavy atom. The molecule has 4 rings (SSSR count). The van der Waals surface area contributed by atoms with E-state index < -0.39 is 0 Å². The zero-order valence-electron chi connectivity index (χ0n) is 16.4. The maximum Gasteiger partial charge on any atom is 0.165 e. The van der Waals surface area contributed by atoms with E-state index in [9.17, 15) is 5.11 Å². The smallest absolute Gasteiger partial charge is 0.165 e. The lowest BCUT2D eigenvalue weighted by atomic mass is 9.97. The molecule has 2 heterocycles. The molecule has 4 heteroatoms. The van der Waals surface area contributed by atoms with Gasteiger partial charge in [-0.1, -0.05) is 24.3 Å². The molecule has 0 bridgehead atoms. The molecule has 0 spiro atoms. The van der Waals surface area contributed by atoms with E-state index in [1.807, 2.05) is 18.2 Å². The van der Waals surface area contributed by atoms with Gasteiger partial charge in [0, 0.05) is 31.2 Å². The Kier molecular flexibility index (Phi) is 5.37. The molecule has 0 aromatic heterocycles. The molecule has 2 aliphatic rings. The van der Waals surface area contributed by atoms with Gasteiger partial charge in [-0.25, -0.2) is 0 Å². The quantitative estimate of drug-likeness (QED) is 0.886. The minimum Gasteiger partial charge on any atom is -0.504 e. The number of hydrogen-bond acceptors (Lipinski definition) is 4. The normalized spacial score (nSPS) is 20.9. The van der Waals surface area contributed by atoms with Crippen LogP contribution in [0.15, 0.2) is 36.4 Å². The summed E-state index contributed by atoms with van der Waals surface area (Å²) in [7, 11) is 2.24. The number of nitrogens with zero attached hydrogens (tertiary/aromatic N) is 2. The number of aryl methyl sites for hydroxylation is 1. The summed E-state index contributed by atoms with van der Waals surface area (Å²) < 4.78 is 5.92. The van der Waals surface area contributed by atoms with E-state index in [1.165, 1.54) is 36.9 Å². The standard InChI is InChI=1S/C23H30N2O2/c1-17-6-3-4-8-21(17)18-14-19-16-25(11-9-20-7-5-10-24(20)2)12-13-27-23(19)22(26)15-18/h3-4,6,8,14-15,20,26H,5,7,9-13,16H2,1-2H3. The molecule has 2 aliphatic heterocycles. The summed E-state index contributed by atoms with van der Waals surface area (Å²) >= 11 is 0. The second-order valence-corrected chi connectivity index (χ2v) is 7.99. The topological polar surface area (TPSA) is 35.9 Å². The van der Waals surface area contributed by atoms with Crippen LogP contribution in [0.5, 0.6) is 11.5 Å². The second kappa shape index (κ2) is 7.91. The van der Waals surface area contributed by atoms with E-state index in [2.05, 4.69) is 42.0 Å². The first-order chi connectivity index (χ1) is 13.1. The van der Waals surface area contributed by atoms with Crippen molar-refractivity contribution in [2.75, 3.05) is 33.3 Å². The van der Waals surface area contributed by atoms with E-state index in [0.29, 0.717) is 18.4 Å². The van der Waals surface area contributed by atoms with Crippen molar-refractivity contribution in [3.63, 3.8) is 0 Å². The van der Waals surface area contributed by atoms with Gasteiger partial charge in [0.05, 0.1) is 0 Å². The minimum absolute atomic E-state index is 0.253. The lowest BCUT2D eigenvalue weighted by Crippen LogP contribution is -2.32. The summed E-state index contributed by atoms with van der Waals surface area (Å²) in [6.07, 6.45) is 3.84. The van der Waals surface area contributed by atoms with Gasteiger partial charge in [-0.15, -0.1) is 0 Å². The first-order valence-corrected chi connectivity index (χ1v) is 10.1. The van der Waals surface area contributed by atoms with Crippen LogP contribution in [-0.4, -0.2) is 54.2 Å². The van der Waals surface area contributed by atoms with Gasteiger partial charge >= 0.3 is 0 Å². The maximum atomic E-state index is 10.6. The molecule has 1 atom stereocenters. The number of likely N-dealkylation sites (tertiary alicyclic amines) is 1. The lowest BCUT2D eigenvalue weighted by molar-refractivity contribution is 0.197. The highest BCUT2D eigenvalue weighted by molar-refractivity contribution is 5.71. The van der Waals surface area contributed by atoms with Crippen LogP contribution in [0.4, 0.5) is 0 Å². The van der Waals surface area contributed by atoms with Gasteiger partial charge in [-0.3, -0.25) is 4.90 Å². The number of benzene rings is 2. The van der Waals surface area contributed by atoms with E-state index in [0.717, 1.165) is 30.8 Å². The van der Waals surface area contributed by atoms with Crippen LogP contribution in [0, 0.1) is 6.92 Å². The molecular weight excluding hydrogens is 336 g/mol. The zero-order valence-corrected chi connectivity index (χ0v) is 16.4. The summed E-state index contributed by atoms with van der Waals surface area (Å²) in [5.74, 6) is 0.913. The van der Waals surface area contributed by atoms with Gasteiger partial charge in [-0.05, 0) is 68.6 Å². The highest BCUT2D eigenvalue weighted by atomic mass is 16.5. The summed E-state index contributed by atoms with van der Waals surface area (Å²) in [5.41, 5.74) is 4.53. The van der Waals surface area contributed by atoms with E-state index in [4.69, 9.17) is 4.74 Å². The van der Waals surface area contributed by atoms with Crippen molar-refractivity contribution in [2.24, 2.45) is 0 Å². The third kappa shape index (κ3) is 3.97. The van der Waals surface area contributed by atoms with Crippen LogP contribution in [0.1, 0.15) is 30.4 Å². The molecule has 1 saturated heterocycles. The average Bonchev–Trinajstić information content (AvgIpc) is 2.94. The molecule has 0 amide bonds. The number of hydrogen-bond donors (Lipinski definition) is 1. The van der Waals surface area contributed by atoms with Gasteiger partial charge in [0.25, 0.3) is 0 Å². The molecule has 1 fully saturated rings. The summed E-state index contributed by atoms with van der Waals surface area (Å²) in [5, 5.41) is 10.6. The predicted molar refractivity (Wildman–Crippen MR) is 109 cm³/mol. The third-order valence-electron chi connectivity index (χ3n) is 6.10. The molecule has 2 aromatic rings. The molecule has 0 aliphatic carbocycles. The zero-order chi connectivity index (χ0) is 18.8. The first-order valence-electron chi connectivity index (χ1n) is 10.1. The number of aromatic hydroxyl groups is 1. The van der Waals surface area contributed by atoms with E-state index in [1.54, 1.807) is 0 Å². The molecule has 2 aromatic carbocycles. The van der Waals surface area contributed by atoms with Gasteiger partial charge < -0.3 is 14.7 Å². The Morgan fingerprint density at radius 1 is 1.19 bits per heavy atom. The summed E-state index contributed by atoms with van der Waals surface area (Å²) in [6.45, 7) is 6.78. The maximum absolute atomic E-state index is 10.6. The number of rotatable bonds is 4. The molecule has 27 heavy (non-hydrogen) atoms. The molecule has 4 nitrogen and oxygen atoms in total. The third-order valence-corrected chi connectivity index (χ3v) is 6.10. The fourth-order valence-corrected chi connectivity index (χ4v) is 4.47. The van der Waals surface area contributed by atoms with Gasteiger partial charge in [0.2, 0.25) is 0 Å². The molecule has 0 saturated carbocycles. The fraction of sp³-hybridized carbons (Fsp3) is 0.478. The Hall–Kier alpha value is -2.04. The molecule has 0 radical (unpaired) electrons. The molecule has 1 unspecified atom stereocenters. The van der Waals surface area contributed by atoms with Crippen LogP contribution in [0.2, 0.25) is 0 Å². The minimum atomic E-state index is 0.253. The van der Waals surface area contributed by atoms with Crippen molar-refractivity contribution < 1.29 is 9.84 Å². The van der Waals surface area contributed by atoms with Gasteiger partial charge in [0.15, 0.2) is 11.5 Å². The SMILES string of the molecule is Cc1ccccc1-c1cc(O)c2c(c1)CN(CCC1CCCN1C)CCO2. The Balaban J connectivity index is 1.55.